The van der Waals surface area contributed by atoms with Crippen LogP contribution in [0.3, 0.4) is 0 Å². The Morgan fingerprint density at radius 1 is 1.36 bits per heavy atom. The zero-order valence-corrected chi connectivity index (χ0v) is 15.1. The van der Waals surface area contributed by atoms with Crippen LogP contribution in [0.1, 0.15) is 30.0 Å². The van der Waals surface area contributed by atoms with Crippen LogP contribution in [0.5, 0.6) is 11.5 Å². The number of pyridine rings is 2. The molecular weight excluding hydrogens is 338 g/mol. The number of carbonyl (C=O) groups excluding carboxylic acids is 1. The van der Waals surface area contributed by atoms with Crippen molar-refractivity contribution in [2.45, 2.75) is 26.3 Å². The van der Waals surface area contributed by atoms with Gasteiger partial charge in [0.15, 0.2) is 0 Å². The molecule has 0 aliphatic heterocycles. The minimum Gasteiger partial charge on any atom is -0.454 e. The zero-order chi connectivity index (χ0) is 18.0. The maximum atomic E-state index is 12.5. The van der Waals surface area contributed by atoms with Crippen LogP contribution in [-0.2, 0) is 0 Å². The quantitative estimate of drug-likeness (QED) is 0.732. The van der Waals surface area contributed by atoms with Gasteiger partial charge in [0.25, 0.3) is 5.91 Å². The Labute approximate surface area is 149 Å². The average Bonchev–Trinajstić information content (AvgIpc) is 3.05. The summed E-state index contributed by atoms with van der Waals surface area (Å²) >= 11 is 1.49. The number of nitrogens with one attached hydrogen (secondary N) is 1. The van der Waals surface area contributed by atoms with Crippen LogP contribution < -0.4 is 10.1 Å². The normalized spacial score (nSPS) is 11.5. The van der Waals surface area contributed by atoms with Crippen molar-refractivity contribution in [1.82, 2.24) is 15.3 Å². The van der Waals surface area contributed by atoms with Crippen LogP contribution in [0.15, 0.2) is 35.8 Å². The maximum Gasteiger partial charge on any atom is 0.270 e. The first-order valence-corrected chi connectivity index (χ1v) is 8.68. The van der Waals surface area contributed by atoms with Gasteiger partial charge in [0.2, 0.25) is 0 Å². The third-order valence-corrected chi connectivity index (χ3v) is 4.49. The molecule has 2 N–H and O–H groups in total. The molecule has 0 radical (unpaired) electrons. The second kappa shape index (κ2) is 6.78. The number of aliphatic hydroxyl groups excluding tert-OH is 1. The molecule has 0 fully saturated rings. The van der Waals surface area contributed by atoms with Gasteiger partial charge in [-0.15, -0.1) is 11.3 Å². The smallest absolute Gasteiger partial charge is 0.270 e. The van der Waals surface area contributed by atoms with Gasteiger partial charge in [0.05, 0.1) is 28.6 Å². The molecule has 25 heavy (non-hydrogen) atoms. The highest BCUT2D eigenvalue weighted by Crippen LogP contribution is 2.33. The number of aliphatic hydroxyl groups is 1. The lowest BCUT2D eigenvalue weighted by Crippen LogP contribution is -2.46. The lowest BCUT2D eigenvalue weighted by Gasteiger charge is -2.23. The summed E-state index contributed by atoms with van der Waals surface area (Å²) in [6.07, 6.45) is 1.64. The molecule has 0 saturated carbocycles. The molecule has 0 aliphatic rings. The van der Waals surface area contributed by atoms with E-state index in [2.05, 4.69) is 15.3 Å². The molecule has 3 aromatic rings. The van der Waals surface area contributed by atoms with Gasteiger partial charge < -0.3 is 15.2 Å². The molecule has 0 bridgehead atoms. The molecule has 7 heteroatoms. The average molecular weight is 357 g/mol. The molecule has 0 aliphatic carbocycles. The van der Waals surface area contributed by atoms with Crippen molar-refractivity contribution >= 4 is 27.5 Å². The van der Waals surface area contributed by atoms with E-state index in [1.165, 1.54) is 11.3 Å². The molecule has 130 valence electrons. The fraction of sp³-hybridized carbons (Fsp3) is 0.278. The lowest BCUT2D eigenvalue weighted by atomic mass is 10.1. The summed E-state index contributed by atoms with van der Waals surface area (Å²) in [7, 11) is 0. The van der Waals surface area contributed by atoms with E-state index in [0.717, 1.165) is 10.4 Å². The minimum absolute atomic E-state index is 0.169. The van der Waals surface area contributed by atoms with Gasteiger partial charge in [-0.05, 0) is 44.4 Å². The molecular formula is C18H19N3O3S. The topological polar surface area (TPSA) is 84.3 Å². The Balaban J connectivity index is 1.96. The minimum atomic E-state index is -0.732. The van der Waals surface area contributed by atoms with Crippen LogP contribution in [0.2, 0.25) is 0 Å². The Morgan fingerprint density at radius 2 is 2.16 bits per heavy atom. The molecule has 0 spiro atoms. The van der Waals surface area contributed by atoms with Crippen molar-refractivity contribution < 1.29 is 14.6 Å². The molecule has 6 nitrogen and oxygen atoms in total. The summed E-state index contributed by atoms with van der Waals surface area (Å²) in [4.78, 5) is 21.1. The summed E-state index contributed by atoms with van der Waals surface area (Å²) < 4.78 is 6.79. The molecule has 3 aromatic heterocycles. The summed E-state index contributed by atoms with van der Waals surface area (Å²) in [5, 5.41) is 14.0. The van der Waals surface area contributed by atoms with Crippen LogP contribution in [0.4, 0.5) is 0 Å². The predicted octanol–water partition coefficient (Wildman–Crippen LogP) is 3.29. The number of hydrogen-bond donors (Lipinski definition) is 2. The number of fused-ring (bicyclic) bond motifs is 1. The molecule has 0 aromatic carbocycles. The van der Waals surface area contributed by atoms with E-state index in [-0.39, 0.29) is 18.2 Å². The van der Waals surface area contributed by atoms with Crippen LogP contribution in [0.25, 0.3) is 10.2 Å². The fourth-order valence-corrected chi connectivity index (χ4v) is 2.96. The van der Waals surface area contributed by atoms with Gasteiger partial charge >= 0.3 is 0 Å². The van der Waals surface area contributed by atoms with Crippen LogP contribution in [0, 0.1) is 6.92 Å². The van der Waals surface area contributed by atoms with E-state index in [9.17, 15) is 9.90 Å². The summed E-state index contributed by atoms with van der Waals surface area (Å²) in [5.41, 5.74) is 1.09. The summed E-state index contributed by atoms with van der Waals surface area (Å²) in [5.74, 6) is 0.783. The van der Waals surface area contributed by atoms with E-state index in [1.807, 2.05) is 30.5 Å². The number of thiophene rings is 1. The number of nitrogens with zero attached hydrogens (tertiary/aromatic N) is 2. The van der Waals surface area contributed by atoms with Gasteiger partial charge in [-0.3, -0.25) is 9.78 Å². The Kier molecular flexibility index (Phi) is 4.69. The van der Waals surface area contributed by atoms with Crippen molar-refractivity contribution in [2.24, 2.45) is 0 Å². The predicted molar refractivity (Wildman–Crippen MR) is 97.3 cm³/mol. The van der Waals surface area contributed by atoms with Gasteiger partial charge in [-0.1, -0.05) is 0 Å². The van der Waals surface area contributed by atoms with Crippen molar-refractivity contribution in [3.8, 4) is 11.5 Å². The number of rotatable bonds is 5. The number of carbonyl (C=O) groups is 1. The summed E-state index contributed by atoms with van der Waals surface area (Å²) in [6, 6.07) is 7.14. The number of aromatic nitrogens is 2. The van der Waals surface area contributed by atoms with Crippen molar-refractivity contribution in [3.63, 3.8) is 0 Å². The number of hydrogen-bond acceptors (Lipinski definition) is 6. The second-order valence-electron chi connectivity index (χ2n) is 6.37. The Hall–Kier alpha value is -2.51. The van der Waals surface area contributed by atoms with Crippen LogP contribution in [-0.4, -0.2) is 33.1 Å². The van der Waals surface area contributed by atoms with Crippen molar-refractivity contribution in [1.29, 1.82) is 0 Å². The lowest BCUT2D eigenvalue weighted by molar-refractivity contribution is 0.0864. The van der Waals surface area contributed by atoms with Gasteiger partial charge in [-0.25, -0.2) is 4.98 Å². The van der Waals surface area contributed by atoms with E-state index < -0.39 is 5.54 Å². The Morgan fingerprint density at radius 3 is 2.84 bits per heavy atom. The molecule has 1 amide bonds. The first kappa shape index (κ1) is 17.3. The van der Waals surface area contributed by atoms with Crippen molar-refractivity contribution in [3.05, 3.63) is 47.2 Å². The number of amides is 1. The number of aryl methyl sites for hydroxylation is 1. The van der Waals surface area contributed by atoms with Gasteiger partial charge in [0, 0.05) is 11.8 Å². The zero-order valence-electron chi connectivity index (χ0n) is 14.2. The third kappa shape index (κ3) is 3.94. The van der Waals surface area contributed by atoms with E-state index in [0.29, 0.717) is 17.0 Å². The monoisotopic (exact) mass is 357 g/mol. The fourth-order valence-electron chi connectivity index (χ4n) is 2.17. The van der Waals surface area contributed by atoms with E-state index in [1.54, 1.807) is 26.1 Å². The van der Waals surface area contributed by atoms with Gasteiger partial charge in [-0.2, -0.15) is 0 Å². The van der Waals surface area contributed by atoms with E-state index >= 15 is 0 Å². The Bertz CT molecular complexity index is 904. The molecule has 0 saturated heterocycles. The van der Waals surface area contributed by atoms with Crippen molar-refractivity contribution in [2.75, 3.05) is 6.61 Å². The highest BCUT2D eigenvalue weighted by atomic mass is 32.1. The largest absolute Gasteiger partial charge is 0.454 e. The SMILES string of the molecule is Cc1ccc(Oc2cc(C(=O)NC(C)(C)CO)nc3ccsc23)cn1. The first-order valence-electron chi connectivity index (χ1n) is 7.80. The number of ether oxygens (including phenoxy) is 1. The molecule has 0 atom stereocenters. The van der Waals surface area contributed by atoms with Gasteiger partial charge in [0.1, 0.15) is 17.2 Å². The van der Waals surface area contributed by atoms with Crippen LogP contribution >= 0.6 is 11.3 Å². The van der Waals surface area contributed by atoms with E-state index in [4.69, 9.17) is 4.74 Å². The third-order valence-electron chi connectivity index (χ3n) is 3.57. The molecule has 0 unspecified atom stereocenters. The summed E-state index contributed by atoms with van der Waals surface area (Å²) in [6.45, 7) is 5.21. The first-order chi connectivity index (χ1) is 11.9. The second-order valence-corrected chi connectivity index (χ2v) is 7.29. The molecule has 3 heterocycles. The highest BCUT2D eigenvalue weighted by molar-refractivity contribution is 7.17. The highest BCUT2D eigenvalue weighted by Gasteiger charge is 2.22. The molecule has 3 rings (SSSR count). The maximum absolute atomic E-state index is 12.5. The standard InChI is InChI=1S/C18H19N3O3S/c1-11-4-5-12(9-19-11)24-15-8-14(17(23)21-18(2,3)10-22)20-13-6-7-25-16(13)15/h4-9,22H,10H2,1-3H3,(H,21,23).